The van der Waals surface area contributed by atoms with Crippen LogP contribution in [0.1, 0.15) is 33.6 Å². The molecule has 0 unspecified atom stereocenters. The molecule has 1 fully saturated rings. The molecule has 0 radical (unpaired) electrons. The molecule has 0 aliphatic heterocycles. The van der Waals surface area contributed by atoms with E-state index in [4.69, 9.17) is 0 Å². The van der Waals surface area contributed by atoms with E-state index in [2.05, 4.69) is 10.6 Å². The molecule has 2 N–H and O–H groups in total. The number of amides is 2. The van der Waals surface area contributed by atoms with Gasteiger partial charge < -0.3 is 10.6 Å². The van der Waals surface area contributed by atoms with Gasteiger partial charge in [-0.25, -0.2) is 0 Å². The van der Waals surface area contributed by atoms with Crippen molar-refractivity contribution in [1.82, 2.24) is 5.32 Å². The van der Waals surface area contributed by atoms with E-state index in [1.807, 2.05) is 6.07 Å². The van der Waals surface area contributed by atoms with E-state index < -0.39 is 0 Å². The number of nitrogens with one attached hydrogen (secondary N) is 2. The number of carbonyl (C=O) groups excluding carboxylic acids is 2. The van der Waals surface area contributed by atoms with Crippen molar-refractivity contribution in [3.63, 3.8) is 0 Å². The molecule has 0 heterocycles. The molecule has 2 aromatic carbocycles. The molecule has 0 saturated heterocycles. The first-order valence-corrected chi connectivity index (χ1v) is 7.00. The van der Waals surface area contributed by atoms with Crippen LogP contribution >= 0.6 is 0 Å². The first-order valence-electron chi connectivity index (χ1n) is 7.00. The lowest BCUT2D eigenvalue weighted by molar-refractivity contribution is 0.0952. The summed E-state index contributed by atoms with van der Waals surface area (Å²) in [6, 6.07) is 16.3. The van der Waals surface area contributed by atoms with Crippen molar-refractivity contribution >= 4 is 17.5 Å². The smallest absolute Gasteiger partial charge is 0.255 e. The van der Waals surface area contributed by atoms with Crippen LogP contribution < -0.4 is 10.6 Å². The normalized spacial score (nSPS) is 13.5. The standard InChI is InChI=1S/C17H16N2O2/c20-16(12-6-2-1-3-7-12)19-15-9-5-4-8-14(15)17(21)18-13-10-11-13/h1-9,13H,10-11H2,(H,18,21)(H,19,20). The Morgan fingerprint density at radius 1 is 0.857 bits per heavy atom. The molecule has 4 heteroatoms. The maximum Gasteiger partial charge on any atom is 0.255 e. The van der Waals surface area contributed by atoms with Gasteiger partial charge in [0.15, 0.2) is 0 Å². The summed E-state index contributed by atoms with van der Waals surface area (Å²) < 4.78 is 0. The average molecular weight is 280 g/mol. The van der Waals surface area contributed by atoms with E-state index in [1.54, 1.807) is 48.5 Å². The zero-order valence-electron chi connectivity index (χ0n) is 11.5. The molecule has 1 aliphatic rings. The topological polar surface area (TPSA) is 58.2 Å². The lowest BCUT2D eigenvalue weighted by Gasteiger charge is -2.11. The van der Waals surface area contributed by atoms with Gasteiger partial charge >= 0.3 is 0 Å². The van der Waals surface area contributed by atoms with Crippen LogP contribution in [-0.2, 0) is 0 Å². The van der Waals surface area contributed by atoms with Crippen LogP contribution in [0.4, 0.5) is 5.69 Å². The maximum atomic E-state index is 12.2. The van der Waals surface area contributed by atoms with Crippen molar-refractivity contribution in [3.8, 4) is 0 Å². The third-order valence-corrected chi connectivity index (χ3v) is 3.37. The fraction of sp³-hybridized carbons (Fsp3) is 0.176. The van der Waals surface area contributed by atoms with Gasteiger partial charge in [-0.2, -0.15) is 0 Å². The van der Waals surface area contributed by atoms with Gasteiger partial charge in [-0.15, -0.1) is 0 Å². The summed E-state index contributed by atoms with van der Waals surface area (Å²) in [6.45, 7) is 0. The van der Waals surface area contributed by atoms with Gasteiger partial charge in [0.25, 0.3) is 11.8 Å². The predicted molar refractivity (Wildman–Crippen MR) is 81.3 cm³/mol. The second-order valence-corrected chi connectivity index (χ2v) is 5.11. The van der Waals surface area contributed by atoms with Crippen molar-refractivity contribution in [2.75, 3.05) is 5.32 Å². The molecule has 3 rings (SSSR count). The first-order chi connectivity index (χ1) is 10.2. The Labute approximate surface area is 123 Å². The molecule has 4 nitrogen and oxygen atoms in total. The highest BCUT2D eigenvalue weighted by molar-refractivity contribution is 6.09. The average Bonchev–Trinajstić information content (AvgIpc) is 3.32. The molecule has 1 aliphatic carbocycles. The van der Waals surface area contributed by atoms with E-state index >= 15 is 0 Å². The van der Waals surface area contributed by atoms with Gasteiger partial charge in [0.1, 0.15) is 0 Å². The molecule has 0 spiro atoms. The largest absolute Gasteiger partial charge is 0.349 e. The van der Waals surface area contributed by atoms with Crippen LogP contribution in [0.3, 0.4) is 0 Å². The van der Waals surface area contributed by atoms with E-state index in [0.717, 1.165) is 12.8 Å². The lowest BCUT2D eigenvalue weighted by Crippen LogP contribution is -2.27. The third kappa shape index (κ3) is 3.28. The Morgan fingerprint density at radius 3 is 2.24 bits per heavy atom. The molecular formula is C17H16N2O2. The fourth-order valence-corrected chi connectivity index (χ4v) is 2.06. The molecular weight excluding hydrogens is 264 g/mol. The molecule has 2 aromatic rings. The van der Waals surface area contributed by atoms with E-state index in [0.29, 0.717) is 16.8 Å². The number of carbonyl (C=O) groups is 2. The highest BCUT2D eigenvalue weighted by Crippen LogP contribution is 2.21. The fourth-order valence-electron chi connectivity index (χ4n) is 2.06. The zero-order valence-corrected chi connectivity index (χ0v) is 11.5. The number of anilines is 1. The van der Waals surface area contributed by atoms with Crippen molar-refractivity contribution in [3.05, 3.63) is 65.7 Å². The van der Waals surface area contributed by atoms with Crippen molar-refractivity contribution < 1.29 is 9.59 Å². The van der Waals surface area contributed by atoms with Crippen molar-refractivity contribution in [2.45, 2.75) is 18.9 Å². The molecule has 0 aromatic heterocycles. The quantitative estimate of drug-likeness (QED) is 0.904. The number of hydrogen-bond acceptors (Lipinski definition) is 2. The second kappa shape index (κ2) is 5.79. The second-order valence-electron chi connectivity index (χ2n) is 5.11. The number of rotatable bonds is 4. The Kier molecular flexibility index (Phi) is 3.69. The maximum absolute atomic E-state index is 12.2. The molecule has 106 valence electrons. The third-order valence-electron chi connectivity index (χ3n) is 3.37. The molecule has 0 bridgehead atoms. The van der Waals surface area contributed by atoms with Gasteiger partial charge in [0, 0.05) is 11.6 Å². The zero-order chi connectivity index (χ0) is 14.7. The molecule has 0 atom stereocenters. The monoisotopic (exact) mass is 280 g/mol. The summed E-state index contributed by atoms with van der Waals surface area (Å²) in [5, 5.41) is 5.73. The highest BCUT2D eigenvalue weighted by atomic mass is 16.2. The summed E-state index contributed by atoms with van der Waals surface area (Å²) in [6.07, 6.45) is 2.06. The minimum Gasteiger partial charge on any atom is -0.349 e. The molecule has 1 saturated carbocycles. The van der Waals surface area contributed by atoms with Gasteiger partial charge in [-0.1, -0.05) is 30.3 Å². The van der Waals surface area contributed by atoms with Crippen LogP contribution in [0.15, 0.2) is 54.6 Å². The van der Waals surface area contributed by atoms with E-state index in [-0.39, 0.29) is 17.9 Å². The summed E-state index contributed by atoms with van der Waals surface area (Å²) >= 11 is 0. The summed E-state index contributed by atoms with van der Waals surface area (Å²) in [5.74, 6) is -0.358. The van der Waals surface area contributed by atoms with Crippen LogP contribution in [0, 0.1) is 0 Å². The summed E-state index contributed by atoms with van der Waals surface area (Å²) in [4.78, 5) is 24.4. The number of hydrogen-bond donors (Lipinski definition) is 2. The Balaban J connectivity index is 1.78. The molecule has 21 heavy (non-hydrogen) atoms. The predicted octanol–water partition coefficient (Wildman–Crippen LogP) is 2.83. The Hall–Kier alpha value is -2.62. The van der Waals surface area contributed by atoms with Crippen molar-refractivity contribution in [1.29, 1.82) is 0 Å². The van der Waals surface area contributed by atoms with Crippen LogP contribution in [0.5, 0.6) is 0 Å². The van der Waals surface area contributed by atoms with Crippen molar-refractivity contribution in [2.24, 2.45) is 0 Å². The SMILES string of the molecule is O=C(Nc1ccccc1C(=O)NC1CC1)c1ccccc1. The van der Waals surface area contributed by atoms with Gasteiger partial charge in [-0.05, 0) is 37.1 Å². The van der Waals surface area contributed by atoms with E-state index in [1.165, 1.54) is 0 Å². The van der Waals surface area contributed by atoms with Gasteiger partial charge in [0.05, 0.1) is 11.3 Å². The Morgan fingerprint density at radius 2 is 1.52 bits per heavy atom. The lowest BCUT2D eigenvalue weighted by atomic mass is 10.1. The van der Waals surface area contributed by atoms with Gasteiger partial charge in [0.2, 0.25) is 0 Å². The van der Waals surface area contributed by atoms with E-state index in [9.17, 15) is 9.59 Å². The van der Waals surface area contributed by atoms with Crippen LogP contribution in [0.2, 0.25) is 0 Å². The molecule has 2 amide bonds. The first kappa shape index (κ1) is 13.4. The van der Waals surface area contributed by atoms with Crippen LogP contribution in [0.25, 0.3) is 0 Å². The number of para-hydroxylation sites is 1. The minimum atomic E-state index is -0.220. The van der Waals surface area contributed by atoms with Gasteiger partial charge in [-0.3, -0.25) is 9.59 Å². The summed E-state index contributed by atoms with van der Waals surface area (Å²) in [7, 11) is 0. The minimum absolute atomic E-state index is 0.138. The number of benzene rings is 2. The highest BCUT2D eigenvalue weighted by Gasteiger charge is 2.25. The summed E-state index contributed by atoms with van der Waals surface area (Å²) in [5.41, 5.74) is 1.59. The van der Waals surface area contributed by atoms with Crippen LogP contribution in [-0.4, -0.2) is 17.9 Å². The Bertz CT molecular complexity index is 664.